The highest BCUT2D eigenvalue weighted by Crippen LogP contribution is 2.23. The molecule has 4 rings (SSSR count). The normalized spacial score (nSPS) is 13.6. The first kappa shape index (κ1) is 24.6. The molecule has 0 radical (unpaired) electrons. The third-order valence-electron chi connectivity index (χ3n) is 5.61. The van der Waals surface area contributed by atoms with Crippen LogP contribution >= 0.6 is 11.8 Å². The molecule has 0 amide bonds. The highest BCUT2D eigenvalue weighted by atomic mass is 32.2. The predicted octanol–water partition coefficient (Wildman–Crippen LogP) is 4.59. The second-order valence-corrected chi connectivity index (χ2v) is 9.17. The fraction of sp³-hybridized carbons (Fsp3) is 0.259. The van der Waals surface area contributed by atoms with Crippen LogP contribution in [0.4, 0.5) is 0 Å². The number of carbonyl (C=O) groups is 1. The number of hydroxylamine groups is 1. The van der Waals surface area contributed by atoms with Crippen molar-refractivity contribution in [1.82, 2.24) is 15.4 Å². The predicted molar refractivity (Wildman–Crippen MR) is 139 cm³/mol. The van der Waals surface area contributed by atoms with Gasteiger partial charge in [0.25, 0.3) is 0 Å². The molecular formula is C27H29N3O4S. The van der Waals surface area contributed by atoms with Crippen LogP contribution in [0.2, 0.25) is 0 Å². The number of pyridine rings is 1. The van der Waals surface area contributed by atoms with Gasteiger partial charge in [0.2, 0.25) is 0 Å². The Morgan fingerprint density at radius 2 is 2.00 bits per heavy atom. The van der Waals surface area contributed by atoms with E-state index in [4.69, 9.17) is 14.7 Å². The molecule has 0 aliphatic carbocycles. The molecule has 1 aromatic heterocycles. The number of hydrogen-bond donors (Lipinski definition) is 2. The fourth-order valence-corrected chi connectivity index (χ4v) is 4.65. The summed E-state index contributed by atoms with van der Waals surface area (Å²) in [7, 11) is 0. The van der Waals surface area contributed by atoms with Crippen LogP contribution in [0.15, 0.2) is 73.1 Å². The van der Waals surface area contributed by atoms with Crippen molar-refractivity contribution in [3.63, 3.8) is 0 Å². The van der Waals surface area contributed by atoms with Crippen LogP contribution in [0.1, 0.15) is 16.7 Å². The number of hydrogen-bond acceptors (Lipinski definition) is 7. The van der Waals surface area contributed by atoms with E-state index in [1.54, 1.807) is 12.3 Å². The molecule has 35 heavy (non-hydrogen) atoms. The summed E-state index contributed by atoms with van der Waals surface area (Å²) in [5, 5.41) is 9.07. The topological polar surface area (TPSA) is 83.9 Å². The Kier molecular flexibility index (Phi) is 8.64. The van der Waals surface area contributed by atoms with Crippen molar-refractivity contribution in [2.45, 2.75) is 13.3 Å². The zero-order valence-corrected chi connectivity index (χ0v) is 20.5. The summed E-state index contributed by atoms with van der Waals surface area (Å²) < 4.78 is 5.85. The lowest BCUT2D eigenvalue weighted by molar-refractivity contribution is -0.136. The summed E-state index contributed by atoms with van der Waals surface area (Å²) >= 11 is 1.90. The largest absolute Gasteiger partial charge is 0.491 e. The molecule has 182 valence electrons. The maximum Gasteiger partial charge on any atom is 0.307 e. The third-order valence-corrected chi connectivity index (χ3v) is 6.60. The second kappa shape index (κ2) is 12.3. The van der Waals surface area contributed by atoms with Crippen LogP contribution in [-0.4, -0.2) is 52.3 Å². The molecule has 7 nitrogen and oxygen atoms in total. The first-order valence-electron chi connectivity index (χ1n) is 11.5. The minimum Gasteiger partial charge on any atom is -0.491 e. The summed E-state index contributed by atoms with van der Waals surface area (Å²) in [4.78, 5) is 23.5. The van der Waals surface area contributed by atoms with Gasteiger partial charge in [0.15, 0.2) is 0 Å². The number of carboxylic acids is 1. The van der Waals surface area contributed by atoms with Gasteiger partial charge in [0.1, 0.15) is 19.0 Å². The Balaban J connectivity index is 1.36. The summed E-state index contributed by atoms with van der Waals surface area (Å²) in [6.07, 6.45) is 3.86. The Morgan fingerprint density at radius 1 is 1.14 bits per heavy atom. The van der Waals surface area contributed by atoms with Crippen LogP contribution in [0.25, 0.3) is 17.0 Å². The van der Waals surface area contributed by atoms with E-state index in [0.717, 1.165) is 51.8 Å². The molecule has 8 heteroatoms. The van der Waals surface area contributed by atoms with Crippen LogP contribution < -0.4 is 10.2 Å². The van der Waals surface area contributed by atoms with Gasteiger partial charge in [-0.15, -0.1) is 11.8 Å². The van der Waals surface area contributed by atoms with E-state index in [-0.39, 0.29) is 6.42 Å². The molecule has 1 aliphatic rings. The maximum absolute atomic E-state index is 11.0. The summed E-state index contributed by atoms with van der Waals surface area (Å²) in [6, 6.07) is 19.6. The standard InChI is InChI=1S/C27H29N3O4S/c1-20-23(17-27(31)32)5-4-7-26(20)33-14-15-34-29-25(18-30-13-16-35-19-30)22-10-8-21(9-11-22)24-6-2-3-12-28-24/h2-12,18,29H,13-17,19H2,1H3,(H,31,32). The molecule has 1 aliphatic heterocycles. The van der Waals surface area contributed by atoms with Gasteiger partial charge in [-0.3, -0.25) is 20.1 Å². The van der Waals surface area contributed by atoms with Gasteiger partial charge in [-0.2, -0.15) is 0 Å². The van der Waals surface area contributed by atoms with Gasteiger partial charge in [-0.1, -0.05) is 42.5 Å². The molecular weight excluding hydrogens is 462 g/mol. The Hall–Kier alpha value is -3.49. The van der Waals surface area contributed by atoms with E-state index in [2.05, 4.69) is 45.8 Å². The number of aliphatic carboxylic acids is 1. The van der Waals surface area contributed by atoms with Gasteiger partial charge >= 0.3 is 5.97 Å². The lowest BCUT2D eigenvalue weighted by Crippen LogP contribution is -2.21. The number of rotatable bonds is 11. The van der Waals surface area contributed by atoms with Crippen molar-refractivity contribution in [2.24, 2.45) is 0 Å². The van der Waals surface area contributed by atoms with Gasteiger partial charge < -0.3 is 14.7 Å². The molecule has 1 saturated heterocycles. The zero-order valence-electron chi connectivity index (χ0n) is 19.6. The number of carboxylic acid groups (broad SMARTS) is 1. The number of aromatic nitrogens is 1. The van der Waals surface area contributed by atoms with Crippen molar-refractivity contribution in [3.05, 3.63) is 89.8 Å². The van der Waals surface area contributed by atoms with Crippen molar-refractivity contribution < 1.29 is 19.5 Å². The smallest absolute Gasteiger partial charge is 0.307 e. The average molecular weight is 492 g/mol. The Labute approximate surface area is 209 Å². The second-order valence-electron chi connectivity index (χ2n) is 8.09. The summed E-state index contributed by atoms with van der Waals surface area (Å²) in [5.74, 6) is 1.87. The molecule has 3 aromatic rings. The molecule has 0 spiro atoms. The van der Waals surface area contributed by atoms with E-state index >= 15 is 0 Å². The van der Waals surface area contributed by atoms with Crippen molar-refractivity contribution in [3.8, 4) is 17.0 Å². The van der Waals surface area contributed by atoms with Crippen molar-refractivity contribution in [2.75, 3.05) is 31.4 Å². The maximum atomic E-state index is 11.0. The van der Waals surface area contributed by atoms with Gasteiger partial charge in [-0.05, 0) is 36.2 Å². The first-order chi connectivity index (χ1) is 17.1. The average Bonchev–Trinajstić information content (AvgIpc) is 3.39. The molecule has 2 heterocycles. The molecule has 0 saturated carbocycles. The minimum atomic E-state index is -0.860. The van der Waals surface area contributed by atoms with Gasteiger partial charge in [0, 0.05) is 35.8 Å². The number of nitrogens with zero attached hydrogens (tertiary/aromatic N) is 2. The van der Waals surface area contributed by atoms with E-state index in [0.29, 0.717) is 19.0 Å². The highest BCUT2D eigenvalue weighted by Gasteiger charge is 2.12. The lowest BCUT2D eigenvalue weighted by Gasteiger charge is -2.17. The van der Waals surface area contributed by atoms with Crippen molar-refractivity contribution in [1.29, 1.82) is 0 Å². The number of thioether (sulfide) groups is 1. The van der Waals surface area contributed by atoms with Crippen molar-refractivity contribution >= 4 is 23.4 Å². The first-order valence-corrected chi connectivity index (χ1v) is 12.6. The molecule has 2 N–H and O–H groups in total. The quantitative estimate of drug-likeness (QED) is 0.298. The monoisotopic (exact) mass is 491 g/mol. The molecule has 1 fully saturated rings. The summed E-state index contributed by atoms with van der Waals surface area (Å²) in [6.45, 7) is 3.52. The summed E-state index contributed by atoms with van der Waals surface area (Å²) in [5.41, 5.74) is 8.56. The van der Waals surface area contributed by atoms with Gasteiger partial charge in [0.05, 0.1) is 23.7 Å². The highest BCUT2D eigenvalue weighted by molar-refractivity contribution is 7.99. The molecule has 0 atom stereocenters. The molecule has 0 bridgehead atoms. The Morgan fingerprint density at radius 3 is 2.71 bits per heavy atom. The SMILES string of the molecule is Cc1c(CC(=O)O)cccc1OCCONC(=CN1CCSC1)c1ccc(-c2ccccn2)cc1. The molecule has 0 unspecified atom stereocenters. The lowest BCUT2D eigenvalue weighted by atomic mass is 10.1. The molecule has 2 aromatic carbocycles. The number of benzene rings is 2. The van der Waals surface area contributed by atoms with E-state index in [1.807, 2.05) is 49.0 Å². The fourth-order valence-electron chi connectivity index (χ4n) is 3.72. The van der Waals surface area contributed by atoms with Crippen LogP contribution in [-0.2, 0) is 16.1 Å². The number of ether oxygens (including phenoxy) is 1. The Bertz CT molecular complexity index is 1150. The van der Waals surface area contributed by atoms with Crippen LogP contribution in [0, 0.1) is 6.92 Å². The third kappa shape index (κ3) is 7.00. The van der Waals surface area contributed by atoms with Crippen LogP contribution in [0.5, 0.6) is 5.75 Å². The van der Waals surface area contributed by atoms with E-state index in [9.17, 15) is 4.79 Å². The van der Waals surface area contributed by atoms with E-state index < -0.39 is 5.97 Å². The van der Waals surface area contributed by atoms with Crippen LogP contribution in [0.3, 0.4) is 0 Å². The van der Waals surface area contributed by atoms with Gasteiger partial charge in [-0.25, -0.2) is 0 Å². The van der Waals surface area contributed by atoms with E-state index in [1.165, 1.54) is 0 Å². The zero-order chi connectivity index (χ0) is 24.5. The number of nitrogens with one attached hydrogen (secondary N) is 1. The minimum absolute atomic E-state index is 0.0246.